The van der Waals surface area contributed by atoms with Gasteiger partial charge in [0, 0.05) is 31.6 Å². The van der Waals surface area contributed by atoms with E-state index in [4.69, 9.17) is 4.74 Å². The first-order chi connectivity index (χ1) is 14.2. The van der Waals surface area contributed by atoms with E-state index in [0.29, 0.717) is 31.9 Å². The zero-order valence-electron chi connectivity index (χ0n) is 17.8. The summed E-state index contributed by atoms with van der Waals surface area (Å²) in [6, 6.07) is 7.05. The Labute approximate surface area is 176 Å². The Kier molecular flexibility index (Phi) is 6.55. The van der Waals surface area contributed by atoms with E-state index >= 15 is 0 Å². The molecule has 8 heteroatoms. The molecule has 0 radical (unpaired) electrons. The van der Waals surface area contributed by atoms with Gasteiger partial charge in [0.2, 0.25) is 17.7 Å². The van der Waals surface area contributed by atoms with E-state index in [9.17, 15) is 19.2 Å². The molecule has 8 nitrogen and oxygen atoms in total. The summed E-state index contributed by atoms with van der Waals surface area (Å²) in [5.74, 6) is -1.01. The van der Waals surface area contributed by atoms with Gasteiger partial charge in [0.15, 0.2) is 0 Å². The van der Waals surface area contributed by atoms with E-state index in [1.165, 1.54) is 0 Å². The average Bonchev–Trinajstić information content (AvgIpc) is 2.97. The third-order valence-corrected chi connectivity index (χ3v) is 6.12. The first-order valence-electron chi connectivity index (χ1n) is 10.3. The monoisotopic (exact) mass is 415 g/mol. The molecule has 1 atom stereocenters. The van der Waals surface area contributed by atoms with Gasteiger partial charge in [-0.25, -0.2) is 0 Å². The molecular formula is C22H29N3O5. The van der Waals surface area contributed by atoms with Crippen LogP contribution in [0.15, 0.2) is 24.3 Å². The van der Waals surface area contributed by atoms with Crippen LogP contribution in [-0.4, -0.2) is 66.3 Å². The van der Waals surface area contributed by atoms with Crippen molar-refractivity contribution in [2.45, 2.75) is 33.7 Å². The van der Waals surface area contributed by atoms with Gasteiger partial charge in [-0.3, -0.25) is 24.1 Å². The predicted octanol–water partition coefficient (Wildman–Crippen LogP) is 1.20. The number of amides is 4. The van der Waals surface area contributed by atoms with Crippen molar-refractivity contribution in [3.05, 3.63) is 35.4 Å². The lowest BCUT2D eigenvalue weighted by Crippen LogP contribution is -2.42. The van der Waals surface area contributed by atoms with Gasteiger partial charge < -0.3 is 15.0 Å². The van der Waals surface area contributed by atoms with Gasteiger partial charge in [-0.05, 0) is 30.5 Å². The quantitative estimate of drug-likeness (QED) is 0.705. The molecule has 1 aromatic rings. The molecule has 0 aromatic heterocycles. The fraction of sp³-hybridized carbons (Fsp3) is 0.545. The Morgan fingerprint density at radius 2 is 1.77 bits per heavy atom. The summed E-state index contributed by atoms with van der Waals surface area (Å²) in [4.78, 5) is 52.4. The maximum absolute atomic E-state index is 12.6. The summed E-state index contributed by atoms with van der Waals surface area (Å²) in [7, 11) is 0. The van der Waals surface area contributed by atoms with E-state index in [-0.39, 0.29) is 43.1 Å². The Morgan fingerprint density at radius 1 is 1.13 bits per heavy atom. The molecule has 1 aromatic carbocycles. The van der Waals surface area contributed by atoms with Gasteiger partial charge in [0.1, 0.15) is 6.54 Å². The summed E-state index contributed by atoms with van der Waals surface area (Å²) in [5, 5.41) is 2.74. The smallest absolute Gasteiger partial charge is 0.254 e. The van der Waals surface area contributed by atoms with Gasteiger partial charge in [0.25, 0.3) is 5.91 Å². The molecule has 0 unspecified atom stereocenters. The number of nitrogens with zero attached hydrogens (tertiary/aromatic N) is 2. The van der Waals surface area contributed by atoms with Crippen LogP contribution >= 0.6 is 0 Å². The number of hydrogen-bond donors (Lipinski definition) is 1. The van der Waals surface area contributed by atoms with E-state index in [0.717, 1.165) is 10.5 Å². The number of imide groups is 1. The van der Waals surface area contributed by atoms with Gasteiger partial charge in [-0.1, -0.05) is 26.0 Å². The van der Waals surface area contributed by atoms with Crippen LogP contribution < -0.4 is 5.32 Å². The van der Waals surface area contributed by atoms with Gasteiger partial charge >= 0.3 is 0 Å². The molecule has 162 valence electrons. The number of carbonyl (C=O) groups excluding carboxylic acids is 4. The number of likely N-dealkylation sites (tertiary alicyclic amines) is 1. The van der Waals surface area contributed by atoms with E-state index < -0.39 is 11.3 Å². The molecule has 0 saturated carbocycles. The third-order valence-electron chi connectivity index (χ3n) is 6.12. The van der Waals surface area contributed by atoms with Crippen LogP contribution in [0, 0.1) is 11.3 Å². The average molecular weight is 415 g/mol. The fourth-order valence-electron chi connectivity index (χ4n) is 3.63. The number of rotatable bonds is 6. The molecule has 2 aliphatic heterocycles. The standard InChI is InChI=1S/C22H29N3O5/c1-15(2)22(3)12-19(27)25(21(22)29)14-18(26)23-13-16-4-6-17(7-5-16)20(28)24-8-10-30-11-9-24/h4-7,15H,8-14H2,1-3H3,(H,23,26)/t22-/m0/s1. The number of morpholine rings is 1. The largest absolute Gasteiger partial charge is 0.378 e. The Balaban J connectivity index is 1.52. The molecule has 1 N–H and O–H groups in total. The molecule has 2 saturated heterocycles. The highest BCUT2D eigenvalue weighted by atomic mass is 16.5. The lowest BCUT2D eigenvalue weighted by atomic mass is 9.78. The van der Waals surface area contributed by atoms with Crippen LogP contribution in [0.3, 0.4) is 0 Å². The van der Waals surface area contributed by atoms with Crippen molar-refractivity contribution in [2.75, 3.05) is 32.8 Å². The normalized spacial score (nSPS) is 22.0. The van der Waals surface area contributed by atoms with Crippen LogP contribution in [0.25, 0.3) is 0 Å². The zero-order chi connectivity index (χ0) is 21.9. The van der Waals surface area contributed by atoms with E-state index in [1.807, 2.05) is 13.8 Å². The summed E-state index contributed by atoms with van der Waals surface area (Å²) in [6.45, 7) is 7.83. The zero-order valence-corrected chi connectivity index (χ0v) is 17.8. The van der Waals surface area contributed by atoms with Crippen LogP contribution in [0.4, 0.5) is 0 Å². The van der Waals surface area contributed by atoms with Gasteiger partial charge in [-0.2, -0.15) is 0 Å². The molecule has 0 bridgehead atoms. The summed E-state index contributed by atoms with van der Waals surface area (Å²) < 4.78 is 5.26. The van der Waals surface area contributed by atoms with Crippen molar-refractivity contribution in [1.29, 1.82) is 0 Å². The Bertz CT molecular complexity index is 830. The summed E-state index contributed by atoms with van der Waals surface area (Å²) in [5.41, 5.74) is 0.668. The molecule has 2 aliphatic rings. The Hall–Kier alpha value is -2.74. The Morgan fingerprint density at radius 3 is 2.33 bits per heavy atom. The van der Waals surface area contributed by atoms with Crippen molar-refractivity contribution in [2.24, 2.45) is 11.3 Å². The highest BCUT2D eigenvalue weighted by Gasteiger charge is 2.50. The number of carbonyl (C=O) groups is 4. The predicted molar refractivity (Wildman–Crippen MR) is 109 cm³/mol. The van der Waals surface area contributed by atoms with Crippen molar-refractivity contribution in [3.63, 3.8) is 0 Å². The summed E-state index contributed by atoms with van der Waals surface area (Å²) in [6.07, 6.45) is 0.134. The lowest BCUT2D eigenvalue weighted by Gasteiger charge is -2.26. The topological polar surface area (TPSA) is 96.0 Å². The molecule has 4 amide bonds. The van der Waals surface area contributed by atoms with Crippen molar-refractivity contribution in [3.8, 4) is 0 Å². The van der Waals surface area contributed by atoms with Crippen LogP contribution in [0.2, 0.25) is 0 Å². The second kappa shape index (κ2) is 8.95. The number of benzene rings is 1. The number of nitrogens with one attached hydrogen (secondary N) is 1. The van der Waals surface area contributed by atoms with Crippen molar-refractivity contribution >= 4 is 23.6 Å². The SMILES string of the molecule is CC(C)[C@]1(C)CC(=O)N(CC(=O)NCc2ccc(C(=O)N3CCOCC3)cc2)C1=O. The minimum absolute atomic E-state index is 0.0145. The van der Waals surface area contributed by atoms with E-state index in [1.54, 1.807) is 36.1 Å². The number of hydrogen-bond acceptors (Lipinski definition) is 5. The highest BCUT2D eigenvalue weighted by Crippen LogP contribution is 2.39. The molecule has 2 heterocycles. The van der Waals surface area contributed by atoms with Crippen LogP contribution in [-0.2, 0) is 25.7 Å². The second-order valence-electron chi connectivity index (χ2n) is 8.41. The first kappa shape index (κ1) is 22.0. The minimum Gasteiger partial charge on any atom is -0.378 e. The van der Waals surface area contributed by atoms with Gasteiger partial charge in [0.05, 0.1) is 18.6 Å². The fourth-order valence-corrected chi connectivity index (χ4v) is 3.63. The molecule has 0 spiro atoms. The first-order valence-corrected chi connectivity index (χ1v) is 10.3. The summed E-state index contributed by atoms with van der Waals surface area (Å²) >= 11 is 0. The van der Waals surface area contributed by atoms with E-state index in [2.05, 4.69) is 5.32 Å². The molecule has 0 aliphatic carbocycles. The lowest BCUT2D eigenvalue weighted by molar-refractivity contribution is -0.145. The molecule has 30 heavy (non-hydrogen) atoms. The van der Waals surface area contributed by atoms with Crippen molar-refractivity contribution < 1.29 is 23.9 Å². The molecule has 2 fully saturated rings. The maximum atomic E-state index is 12.6. The second-order valence-corrected chi connectivity index (χ2v) is 8.41. The number of ether oxygens (including phenoxy) is 1. The minimum atomic E-state index is -0.750. The molecular weight excluding hydrogens is 386 g/mol. The van der Waals surface area contributed by atoms with Crippen molar-refractivity contribution in [1.82, 2.24) is 15.1 Å². The van der Waals surface area contributed by atoms with Crippen LogP contribution in [0.1, 0.15) is 43.1 Å². The highest BCUT2D eigenvalue weighted by molar-refractivity contribution is 6.07. The maximum Gasteiger partial charge on any atom is 0.254 e. The van der Waals surface area contributed by atoms with Crippen LogP contribution in [0.5, 0.6) is 0 Å². The molecule has 3 rings (SSSR count). The van der Waals surface area contributed by atoms with Gasteiger partial charge in [-0.15, -0.1) is 0 Å². The third kappa shape index (κ3) is 4.53.